The summed E-state index contributed by atoms with van der Waals surface area (Å²) in [5.41, 5.74) is 1.97. The molecule has 0 radical (unpaired) electrons. The zero-order chi connectivity index (χ0) is 19.2. The summed E-state index contributed by atoms with van der Waals surface area (Å²) in [6, 6.07) is 16.1. The van der Waals surface area contributed by atoms with Crippen molar-refractivity contribution >= 4 is 31.9 Å². The predicted molar refractivity (Wildman–Crippen MR) is 112 cm³/mol. The third-order valence-electron chi connectivity index (χ3n) is 4.25. The minimum absolute atomic E-state index is 0.173. The van der Waals surface area contributed by atoms with Crippen molar-refractivity contribution in [1.29, 1.82) is 0 Å². The third-order valence-corrected chi connectivity index (χ3v) is 5.24. The maximum atomic E-state index is 5.37. The number of aromatic nitrogens is 4. The van der Waals surface area contributed by atoms with E-state index in [0.717, 1.165) is 32.4 Å². The number of methoxy groups -OCH3 is 1. The number of hydrogen-bond donors (Lipinski definition) is 1. The average Bonchev–Trinajstić information content (AvgIpc) is 3.14. The van der Waals surface area contributed by atoms with E-state index in [4.69, 9.17) is 4.74 Å². The summed E-state index contributed by atoms with van der Waals surface area (Å²) in [5, 5.41) is 16.2. The summed E-state index contributed by atoms with van der Waals surface area (Å²) < 4.78 is 9.11. The molecule has 0 fully saturated rings. The molecule has 3 rings (SSSR count). The zero-order valence-corrected chi connectivity index (χ0v) is 18.3. The van der Waals surface area contributed by atoms with E-state index >= 15 is 0 Å². The van der Waals surface area contributed by atoms with Gasteiger partial charge in [0.2, 0.25) is 0 Å². The number of hydrogen-bond acceptors (Lipinski definition) is 5. The Hall–Kier alpha value is -1.61. The van der Waals surface area contributed by atoms with Crippen molar-refractivity contribution in [3.8, 4) is 5.69 Å². The second-order valence-corrected chi connectivity index (χ2v) is 7.98. The SMILES string of the molecule is CC[C@@H](COC)NC(c1cccc(Br)c1)c1nnnn1-c1cccc(Br)c1. The zero-order valence-electron chi connectivity index (χ0n) is 15.1. The summed E-state index contributed by atoms with van der Waals surface area (Å²) in [6.45, 7) is 2.74. The van der Waals surface area contributed by atoms with Crippen LogP contribution in [0.3, 0.4) is 0 Å². The highest BCUT2D eigenvalue weighted by Gasteiger charge is 2.25. The Morgan fingerprint density at radius 3 is 2.52 bits per heavy atom. The molecule has 3 aromatic rings. The molecule has 0 amide bonds. The molecule has 142 valence electrons. The summed E-state index contributed by atoms with van der Waals surface area (Å²) in [6.07, 6.45) is 0.927. The van der Waals surface area contributed by atoms with Crippen molar-refractivity contribution in [2.75, 3.05) is 13.7 Å². The standard InChI is InChI=1S/C19H21Br2N5O/c1-3-16(12-27-2)22-18(13-6-4-7-14(20)10-13)19-23-24-25-26(19)17-9-5-8-15(21)11-17/h4-11,16,18,22H,3,12H2,1-2H3/t16-,18?/m0/s1. The lowest BCUT2D eigenvalue weighted by molar-refractivity contribution is 0.160. The number of benzene rings is 2. The Morgan fingerprint density at radius 2 is 1.85 bits per heavy atom. The minimum atomic E-state index is -0.184. The lowest BCUT2D eigenvalue weighted by atomic mass is 10.0. The highest BCUT2D eigenvalue weighted by molar-refractivity contribution is 9.10. The molecule has 0 spiro atoms. The Morgan fingerprint density at radius 1 is 1.11 bits per heavy atom. The van der Waals surface area contributed by atoms with Crippen molar-refractivity contribution < 1.29 is 4.74 Å². The van der Waals surface area contributed by atoms with Crippen molar-refractivity contribution in [2.45, 2.75) is 25.4 Å². The van der Waals surface area contributed by atoms with Crippen LogP contribution in [0.15, 0.2) is 57.5 Å². The summed E-state index contributed by atoms with van der Waals surface area (Å²) in [5.74, 6) is 0.723. The van der Waals surface area contributed by atoms with Gasteiger partial charge in [-0.15, -0.1) is 5.10 Å². The lowest BCUT2D eigenvalue weighted by Gasteiger charge is -2.24. The van der Waals surface area contributed by atoms with Crippen LogP contribution in [0.2, 0.25) is 0 Å². The molecular formula is C19H21Br2N5O. The second kappa shape index (κ2) is 9.54. The smallest absolute Gasteiger partial charge is 0.178 e. The highest BCUT2D eigenvalue weighted by Crippen LogP contribution is 2.26. The minimum Gasteiger partial charge on any atom is -0.383 e. The summed E-state index contributed by atoms with van der Waals surface area (Å²) in [7, 11) is 1.71. The number of nitrogens with one attached hydrogen (secondary N) is 1. The van der Waals surface area contributed by atoms with Gasteiger partial charge in [-0.1, -0.05) is 57.0 Å². The first kappa shape index (κ1) is 20.1. The average molecular weight is 495 g/mol. The molecule has 1 heterocycles. The topological polar surface area (TPSA) is 64.9 Å². The first-order valence-electron chi connectivity index (χ1n) is 8.67. The number of tetrazole rings is 1. The maximum absolute atomic E-state index is 5.37. The van der Waals surface area contributed by atoms with Gasteiger partial charge in [-0.3, -0.25) is 5.32 Å². The Labute approximate surface area is 175 Å². The Kier molecular flexibility index (Phi) is 7.12. The van der Waals surface area contributed by atoms with Crippen molar-refractivity contribution in [3.63, 3.8) is 0 Å². The highest BCUT2D eigenvalue weighted by atomic mass is 79.9. The van der Waals surface area contributed by atoms with Gasteiger partial charge >= 0.3 is 0 Å². The molecule has 1 aromatic heterocycles. The Bertz CT molecular complexity index is 886. The van der Waals surface area contributed by atoms with E-state index in [2.05, 4.69) is 71.8 Å². The van der Waals surface area contributed by atoms with Crippen LogP contribution in [-0.2, 0) is 4.74 Å². The Balaban J connectivity index is 2.05. The van der Waals surface area contributed by atoms with Crippen molar-refractivity contribution in [3.05, 3.63) is 68.9 Å². The molecule has 27 heavy (non-hydrogen) atoms. The van der Waals surface area contributed by atoms with E-state index in [1.807, 2.05) is 36.4 Å². The van der Waals surface area contributed by atoms with E-state index < -0.39 is 0 Å². The van der Waals surface area contributed by atoms with Crippen LogP contribution in [0.1, 0.15) is 30.8 Å². The molecule has 8 heteroatoms. The summed E-state index contributed by atoms with van der Waals surface area (Å²) in [4.78, 5) is 0. The predicted octanol–water partition coefficient (Wildman–Crippen LogP) is 4.29. The van der Waals surface area contributed by atoms with Gasteiger partial charge in [-0.25, -0.2) is 0 Å². The quantitative estimate of drug-likeness (QED) is 0.506. The molecule has 1 unspecified atom stereocenters. The molecule has 0 saturated carbocycles. The molecular weight excluding hydrogens is 474 g/mol. The molecule has 6 nitrogen and oxygen atoms in total. The van der Waals surface area contributed by atoms with Crippen molar-refractivity contribution in [1.82, 2.24) is 25.5 Å². The fraction of sp³-hybridized carbons (Fsp3) is 0.316. The van der Waals surface area contributed by atoms with E-state index in [-0.39, 0.29) is 12.1 Å². The van der Waals surface area contributed by atoms with Gasteiger partial charge in [0.05, 0.1) is 18.3 Å². The number of ether oxygens (including phenoxy) is 1. The first-order chi connectivity index (χ1) is 13.1. The largest absolute Gasteiger partial charge is 0.383 e. The van der Waals surface area contributed by atoms with Crippen LogP contribution in [-0.4, -0.2) is 40.0 Å². The summed E-state index contributed by atoms with van der Waals surface area (Å²) >= 11 is 7.08. The van der Waals surface area contributed by atoms with E-state index in [1.54, 1.807) is 11.8 Å². The molecule has 2 aromatic carbocycles. The number of halogens is 2. The molecule has 0 saturated heterocycles. The lowest BCUT2D eigenvalue weighted by Crippen LogP contribution is -2.37. The van der Waals surface area contributed by atoms with Gasteiger partial charge < -0.3 is 4.74 Å². The molecule has 0 aliphatic rings. The molecule has 0 aliphatic heterocycles. The second-order valence-electron chi connectivity index (χ2n) is 6.14. The number of nitrogens with zero attached hydrogens (tertiary/aromatic N) is 4. The first-order valence-corrected chi connectivity index (χ1v) is 10.3. The van der Waals surface area contributed by atoms with Gasteiger partial charge in [0, 0.05) is 22.1 Å². The normalized spacial score (nSPS) is 13.5. The van der Waals surface area contributed by atoms with E-state index in [0.29, 0.717) is 6.61 Å². The third kappa shape index (κ3) is 5.01. The maximum Gasteiger partial charge on any atom is 0.178 e. The number of rotatable bonds is 8. The van der Waals surface area contributed by atoms with Crippen LogP contribution in [0, 0.1) is 0 Å². The molecule has 0 aliphatic carbocycles. The van der Waals surface area contributed by atoms with Crippen LogP contribution in [0.4, 0.5) is 0 Å². The van der Waals surface area contributed by atoms with Gasteiger partial charge in [0.25, 0.3) is 0 Å². The van der Waals surface area contributed by atoms with Gasteiger partial charge in [0.1, 0.15) is 0 Å². The fourth-order valence-electron chi connectivity index (χ4n) is 2.89. The van der Waals surface area contributed by atoms with Crippen LogP contribution >= 0.6 is 31.9 Å². The van der Waals surface area contributed by atoms with E-state index in [9.17, 15) is 0 Å². The fourth-order valence-corrected chi connectivity index (χ4v) is 3.70. The van der Waals surface area contributed by atoms with Gasteiger partial charge in [0.15, 0.2) is 5.82 Å². The molecule has 1 N–H and O–H groups in total. The van der Waals surface area contributed by atoms with Crippen molar-refractivity contribution in [2.24, 2.45) is 0 Å². The van der Waals surface area contributed by atoms with Crippen LogP contribution in [0.25, 0.3) is 5.69 Å². The molecule has 2 atom stereocenters. The van der Waals surface area contributed by atoms with Gasteiger partial charge in [-0.05, 0) is 52.7 Å². The molecule has 0 bridgehead atoms. The van der Waals surface area contributed by atoms with Crippen LogP contribution < -0.4 is 5.32 Å². The van der Waals surface area contributed by atoms with E-state index in [1.165, 1.54) is 0 Å². The van der Waals surface area contributed by atoms with Gasteiger partial charge in [-0.2, -0.15) is 4.68 Å². The van der Waals surface area contributed by atoms with Crippen LogP contribution in [0.5, 0.6) is 0 Å². The monoisotopic (exact) mass is 493 g/mol.